The molecule has 1 saturated heterocycles. The molecule has 0 N–H and O–H groups in total. The number of hydrogen-bond acceptors (Lipinski definition) is 3. The van der Waals surface area contributed by atoms with E-state index in [1.165, 1.54) is 11.1 Å². The van der Waals surface area contributed by atoms with E-state index < -0.39 is 5.41 Å². The van der Waals surface area contributed by atoms with Crippen molar-refractivity contribution >= 4 is 5.97 Å². The number of ether oxygens (including phenoxy) is 2. The summed E-state index contributed by atoms with van der Waals surface area (Å²) >= 11 is 0. The van der Waals surface area contributed by atoms with Gasteiger partial charge in [0.15, 0.2) is 0 Å². The third-order valence-corrected chi connectivity index (χ3v) is 3.42. The molecule has 0 radical (unpaired) electrons. The lowest BCUT2D eigenvalue weighted by Crippen LogP contribution is -2.53. The number of carbonyl (C=O) groups is 1. The van der Waals surface area contributed by atoms with Gasteiger partial charge in [0.25, 0.3) is 0 Å². The van der Waals surface area contributed by atoms with Gasteiger partial charge in [-0.05, 0) is 37.5 Å². The van der Waals surface area contributed by atoms with Gasteiger partial charge >= 0.3 is 5.97 Å². The smallest absolute Gasteiger partial charge is 0.321 e. The van der Waals surface area contributed by atoms with Gasteiger partial charge in [-0.1, -0.05) is 18.2 Å². The Balaban J connectivity index is 2.34. The number of benzene rings is 1. The lowest BCUT2D eigenvalue weighted by Gasteiger charge is -2.39. The van der Waals surface area contributed by atoms with E-state index in [-0.39, 0.29) is 5.97 Å². The van der Waals surface area contributed by atoms with E-state index in [2.05, 4.69) is 19.9 Å². The molecule has 0 aromatic heterocycles. The largest absolute Gasteiger partial charge is 0.465 e. The second-order valence-electron chi connectivity index (χ2n) is 4.59. The van der Waals surface area contributed by atoms with Crippen LogP contribution in [-0.4, -0.2) is 25.8 Å². The van der Waals surface area contributed by atoms with Crippen molar-refractivity contribution in [2.24, 2.45) is 0 Å². The average Bonchev–Trinajstić information content (AvgIpc) is 2.22. The lowest BCUT2D eigenvalue weighted by molar-refractivity contribution is -0.169. The Hall–Kier alpha value is -1.35. The van der Waals surface area contributed by atoms with Gasteiger partial charge in [-0.2, -0.15) is 0 Å². The van der Waals surface area contributed by atoms with Gasteiger partial charge in [0.1, 0.15) is 5.41 Å². The molecule has 1 aromatic carbocycles. The van der Waals surface area contributed by atoms with Gasteiger partial charge in [0.2, 0.25) is 0 Å². The molecule has 1 heterocycles. The molecule has 0 unspecified atom stereocenters. The molecule has 0 amide bonds. The van der Waals surface area contributed by atoms with Gasteiger partial charge < -0.3 is 9.47 Å². The minimum atomic E-state index is -0.575. The second-order valence-corrected chi connectivity index (χ2v) is 4.59. The highest BCUT2D eigenvalue weighted by molar-refractivity contribution is 5.84. The van der Waals surface area contributed by atoms with Crippen LogP contribution >= 0.6 is 0 Å². The van der Waals surface area contributed by atoms with E-state index in [0.29, 0.717) is 19.8 Å². The van der Waals surface area contributed by atoms with Crippen LogP contribution in [0.5, 0.6) is 0 Å². The van der Waals surface area contributed by atoms with Crippen molar-refractivity contribution in [3.63, 3.8) is 0 Å². The first-order valence-corrected chi connectivity index (χ1v) is 5.93. The number of esters is 1. The molecule has 1 aromatic rings. The second kappa shape index (κ2) is 4.49. The Morgan fingerprint density at radius 2 is 2.06 bits per heavy atom. The first-order valence-electron chi connectivity index (χ1n) is 5.93. The molecular weight excluding hydrogens is 216 g/mol. The highest BCUT2D eigenvalue weighted by atomic mass is 16.6. The van der Waals surface area contributed by atoms with E-state index in [1.807, 2.05) is 19.1 Å². The molecule has 1 aliphatic rings. The van der Waals surface area contributed by atoms with Crippen LogP contribution < -0.4 is 0 Å². The van der Waals surface area contributed by atoms with Crippen LogP contribution in [-0.2, 0) is 19.7 Å². The standard InChI is InChI=1S/C14H18O3/c1-4-17-13(15)14(8-16-9-14)12-6-5-10(2)11(3)7-12/h5-7H,4,8-9H2,1-3H3. The first kappa shape index (κ1) is 12.1. The van der Waals surface area contributed by atoms with Crippen molar-refractivity contribution in [3.8, 4) is 0 Å². The summed E-state index contributed by atoms with van der Waals surface area (Å²) in [4.78, 5) is 12.0. The Labute approximate surface area is 102 Å². The normalized spacial score (nSPS) is 17.4. The van der Waals surface area contributed by atoms with E-state index >= 15 is 0 Å². The Kier molecular flexibility index (Phi) is 3.20. The van der Waals surface area contributed by atoms with Crippen molar-refractivity contribution < 1.29 is 14.3 Å². The quantitative estimate of drug-likeness (QED) is 0.752. The zero-order valence-electron chi connectivity index (χ0n) is 10.6. The molecule has 3 nitrogen and oxygen atoms in total. The van der Waals surface area contributed by atoms with Crippen molar-refractivity contribution in [2.75, 3.05) is 19.8 Å². The molecular formula is C14H18O3. The van der Waals surface area contributed by atoms with E-state index in [4.69, 9.17) is 9.47 Å². The molecule has 0 atom stereocenters. The van der Waals surface area contributed by atoms with Crippen LogP contribution in [0, 0.1) is 13.8 Å². The predicted octanol–water partition coefficient (Wildman–Crippen LogP) is 2.13. The zero-order chi connectivity index (χ0) is 12.5. The van der Waals surface area contributed by atoms with Gasteiger partial charge in [0, 0.05) is 0 Å². The number of aryl methyl sites for hydroxylation is 2. The molecule has 3 heteroatoms. The van der Waals surface area contributed by atoms with Gasteiger partial charge in [-0.3, -0.25) is 4.79 Å². The summed E-state index contributed by atoms with van der Waals surface area (Å²) in [7, 11) is 0. The van der Waals surface area contributed by atoms with Crippen LogP contribution in [0.25, 0.3) is 0 Å². The third kappa shape index (κ3) is 1.95. The van der Waals surface area contributed by atoms with E-state index in [0.717, 1.165) is 5.56 Å². The fourth-order valence-corrected chi connectivity index (χ4v) is 2.02. The van der Waals surface area contributed by atoms with Crippen molar-refractivity contribution in [1.29, 1.82) is 0 Å². The average molecular weight is 234 g/mol. The number of hydrogen-bond donors (Lipinski definition) is 0. The summed E-state index contributed by atoms with van der Waals surface area (Å²) in [5.41, 5.74) is 2.85. The highest BCUT2D eigenvalue weighted by Crippen LogP contribution is 2.34. The highest BCUT2D eigenvalue weighted by Gasteiger charge is 2.49. The molecule has 2 rings (SSSR count). The summed E-state index contributed by atoms with van der Waals surface area (Å²) in [6, 6.07) is 6.11. The fourth-order valence-electron chi connectivity index (χ4n) is 2.02. The molecule has 0 saturated carbocycles. The van der Waals surface area contributed by atoms with Crippen LogP contribution in [0.1, 0.15) is 23.6 Å². The zero-order valence-corrected chi connectivity index (χ0v) is 10.6. The predicted molar refractivity (Wildman–Crippen MR) is 65.0 cm³/mol. The minimum absolute atomic E-state index is 0.172. The van der Waals surface area contributed by atoms with Gasteiger partial charge in [0.05, 0.1) is 19.8 Å². The number of rotatable bonds is 3. The minimum Gasteiger partial charge on any atom is -0.465 e. The summed E-state index contributed by atoms with van der Waals surface area (Å²) < 4.78 is 10.4. The van der Waals surface area contributed by atoms with Gasteiger partial charge in [-0.25, -0.2) is 0 Å². The monoisotopic (exact) mass is 234 g/mol. The van der Waals surface area contributed by atoms with Crippen molar-refractivity contribution in [1.82, 2.24) is 0 Å². The van der Waals surface area contributed by atoms with Crippen LogP contribution in [0.2, 0.25) is 0 Å². The lowest BCUT2D eigenvalue weighted by atomic mass is 9.78. The Morgan fingerprint density at radius 1 is 1.35 bits per heavy atom. The summed E-state index contributed by atoms with van der Waals surface area (Å²) in [5.74, 6) is -0.172. The maximum Gasteiger partial charge on any atom is 0.321 e. The Morgan fingerprint density at radius 3 is 2.53 bits per heavy atom. The molecule has 0 aliphatic carbocycles. The molecule has 92 valence electrons. The topological polar surface area (TPSA) is 35.5 Å². The molecule has 17 heavy (non-hydrogen) atoms. The van der Waals surface area contributed by atoms with Crippen molar-refractivity contribution in [3.05, 3.63) is 34.9 Å². The van der Waals surface area contributed by atoms with Crippen molar-refractivity contribution in [2.45, 2.75) is 26.2 Å². The molecule has 1 aliphatic heterocycles. The molecule has 0 bridgehead atoms. The molecule has 1 fully saturated rings. The summed E-state index contributed by atoms with van der Waals surface area (Å²) in [6.45, 7) is 7.20. The third-order valence-electron chi connectivity index (χ3n) is 3.42. The van der Waals surface area contributed by atoms with E-state index in [9.17, 15) is 4.79 Å². The first-order chi connectivity index (χ1) is 8.10. The Bertz CT molecular complexity index is 433. The molecule has 0 spiro atoms. The summed E-state index contributed by atoms with van der Waals surface area (Å²) in [6.07, 6.45) is 0. The summed E-state index contributed by atoms with van der Waals surface area (Å²) in [5, 5.41) is 0. The maximum absolute atomic E-state index is 12.0. The van der Waals surface area contributed by atoms with Crippen LogP contribution in [0.4, 0.5) is 0 Å². The van der Waals surface area contributed by atoms with Crippen LogP contribution in [0.15, 0.2) is 18.2 Å². The maximum atomic E-state index is 12.0. The van der Waals surface area contributed by atoms with Gasteiger partial charge in [-0.15, -0.1) is 0 Å². The van der Waals surface area contributed by atoms with Crippen LogP contribution in [0.3, 0.4) is 0 Å². The fraction of sp³-hybridized carbons (Fsp3) is 0.500. The van der Waals surface area contributed by atoms with E-state index in [1.54, 1.807) is 0 Å². The number of carbonyl (C=O) groups excluding carboxylic acids is 1. The SMILES string of the molecule is CCOC(=O)C1(c2ccc(C)c(C)c2)COC1.